The first-order chi connectivity index (χ1) is 9.90. The Morgan fingerprint density at radius 3 is 2.71 bits per heavy atom. The summed E-state index contributed by atoms with van der Waals surface area (Å²) in [6.07, 6.45) is 2.15. The number of nitrogens with zero attached hydrogens (tertiary/aromatic N) is 2. The van der Waals surface area contributed by atoms with Gasteiger partial charge in [0.15, 0.2) is 0 Å². The van der Waals surface area contributed by atoms with Crippen molar-refractivity contribution in [2.45, 2.75) is 45.1 Å². The Kier molecular flexibility index (Phi) is 4.83. The summed E-state index contributed by atoms with van der Waals surface area (Å²) in [6.45, 7) is 4.40. The second kappa shape index (κ2) is 6.43. The van der Waals surface area contributed by atoms with Crippen LogP contribution in [-0.4, -0.2) is 39.5 Å². The molecule has 114 valence electrons. The van der Waals surface area contributed by atoms with Gasteiger partial charge in [0, 0.05) is 17.8 Å². The molecule has 2 heterocycles. The second-order valence-corrected chi connectivity index (χ2v) is 5.99. The van der Waals surface area contributed by atoms with Crippen molar-refractivity contribution < 1.29 is 14.7 Å². The Balaban J connectivity index is 2.32. The smallest absolute Gasteiger partial charge is 0.326 e. The number of carbonyl (C=O) groups excluding carboxylic acids is 1. The van der Waals surface area contributed by atoms with E-state index in [0.29, 0.717) is 18.5 Å². The molecule has 5 nitrogen and oxygen atoms in total. The monoisotopic (exact) mass is 310 g/mol. The Morgan fingerprint density at radius 2 is 2.10 bits per heavy atom. The molecule has 1 N–H and O–H groups in total. The second-order valence-electron chi connectivity index (χ2n) is 5.61. The molecule has 0 aliphatic carbocycles. The quantitative estimate of drug-likeness (QED) is 0.871. The summed E-state index contributed by atoms with van der Waals surface area (Å²) in [5.74, 6) is -1.09. The molecular weight excluding hydrogens is 292 g/mol. The predicted octanol–water partition coefficient (Wildman–Crippen LogP) is 2.94. The van der Waals surface area contributed by atoms with Crippen LogP contribution in [0.25, 0.3) is 0 Å². The molecule has 2 rings (SSSR count). The lowest BCUT2D eigenvalue weighted by Gasteiger charge is -2.33. The number of aromatic nitrogens is 1. The van der Waals surface area contributed by atoms with Gasteiger partial charge in [-0.2, -0.15) is 0 Å². The van der Waals surface area contributed by atoms with Gasteiger partial charge in [-0.3, -0.25) is 4.79 Å². The molecule has 0 saturated carbocycles. The van der Waals surface area contributed by atoms with Crippen LogP contribution in [0.2, 0.25) is 5.15 Å². The van der Waals surface area contributed by atoms with Gasteiger partial charge in [-0.1, -0.05) is 25.4 Å². The van der Waals surface area contributed by atoms with Crippen LogP contribution < -0.4 is 0 Å². The lowest BCUT2D eigenvalue weighted by molar-refractivity contribution is -0.143. The molecule has 0 radical (unpaired) electrons. The molecule has 6 heteroatoms. The Hall–Kier alpha value is -1.62. The minimum atomic E-state index is -0.952. The predicted molar refractivity (Wildman–Crippen MR) is 79.6 cm³/mol. The highest BCUT2D eigenvalue weighted by molar-refractivity contribution is 6.29. The van der Waals surface area contributed by atoms with Crippen LogP contribution in [0.15, 0.2) is 12.1 Å². The van der Waals surface area contributed by atoms with E-state index in [2.05, 4.69) is 4.98 Å². The van der Waals surface area contributed by atoms with Gasteiger partial charge >= 0.3 is 5.97 Å². The van der Waals surface area contributed by atoms with E-state index in [1.54, 1.807) is 6.07 Å². The van der Waals surface area contributed by atoms with Crippen LogP contribution in [0.4, 0.5) is 0 Å². The molecular formula is C15H19ClN2O3. The zero-order chi connectivity index (χ0) is 15.6. The third kappa shape index (κ3) is 3.53. The number of carbonyl (C=O) groups is 2. The number of aliphatic carboxylic acids is 1. The SMILES string of the molecule is CC(C)c1cc(C(=O)N2CCCC[C@H]2C(=O)O)cc(Cl)n1. The van der Waals surface area contributed by atoms with E-state index in [1.165, 1.54) is 11.0 Å². The molecule has 1 aromatic rings. The van der Waals surface area contributed by atoms with Crippen molar-refractivity contribution in [3.8, 4) is 0 Å². The first-order valence-electron chi connectivity index (χ1n) is 7.11. The van der Waals surface area contributed by atoms with Crippen molar-refractivity contribution in [3.05, 3.63) is 28.5 Å². The summed E-state index contributed by atoms with van der Waals surface area (Å²) in [5, 5.41) is 9.53. The maximum absolute atomic E-state index is 12.6. The van der Waals surface area contributed by atoms with Crippen molar-refractivity contribution in [2.75, 3.05) is 6.54 Å². The zero-order valence-corrected chi connectivity index (χ0v) is 12.9. The van der Waals surface area contributed by atoms with Gasteiger partial charge in [0.05, 0.1) is 0 Å². The van der Waals surface area contributed by atoms with Crippen molar-refractivity contribution in [1.82, 2.24) is 9.88 Å². The molecule has 1 fully saturated rings. The average molecular weight is 311 g/mol. The van der Waals surface area contributed by atoms with Gasteiger partial charge in [-0.15, -0.1) is 0 Å². The van der Waals surface area contributed by atoms with Crippen molar-refractivity contribution in [1.29, 1.82) is 0 Å². The molecule has 0 unspecified atom stereocenters. The highest BCUT2D eigenvalue weighted by atomic mass is 35.5. The summed E-state index contributed by atoms with van der Waals surface area (Å²) < 4.78 is 0. The van der Waals surface area contributed by atoms with E-state index in [0.717, 1.165) is 18.5 Å². The molecule has 0 bridgehead atoms. The van der Waals surface area contributed by atoms with Crippen molar-refractivity contribution in [2.24, 2.45) is 0 Å². The van der Waals surface area contributed by atoms with E-state index in [-0.39, 0.29) is 17.0 Å². The summed E-state index contributed by atoms with van der Waals surface area (Å²) in [6, 6.07) is 2.45. The summed E-state index contributed by atoms with van der Waals surface area (Å²) in [5.41, 5.74) is 1.14. The van der Waals surface area contributed by atoms with Crippen LogP contribution in [0.5, 0.6) is 0 Å². The average Bonchev–Trinajstić information content (AvgIpc) is 2.45. The van der Waals surface area contributed by atoms with Crippen molar-refractivity contribution >= 4 is 23.5 Å². The normalized spacial score (nSPS) is 18.9. The minimum Gasteiger partial charge on any atom is -0.480 e. The van der Waals surface area contributed by atoms with E-state index in [1.807, 2.05) is 13.8 Å². The Morgan fingerprint density at radius 1 is 1.38 bits per heavy atom. The summed E-state index contributed by atoms with van der Waals surface area (Å²) in [4.78, 5) is 29.6. The van der Waals surface area contributed by atoms with E-state index in [9.17, 15) is 14.7 Å². The number of hydrogen-bond acceptors (Lipinski definition) is 3. The Labute approximate surface area is 128 Å². The van der Waals surface area contributed by atoms with Crippen LogP contribution >= 0.6 is 11.6 Å². The third-order valence-corrected chi connectivity index (χ3v) is 3.89. The zero-order valence-electron chi connectivity index (χ0n) is 12.2. The maximum atomic E-state index is 12.6. The maximum Gasteiger partial charge on any atom is 0.326 e. The van der Waals surface area contributed by atoms with Crippen LogP contribution in [0.3, 0.4) is 0 Å². The molecule has 1 aliphatic rings. The van der Waals surface area contributed by atoms with Crippen molar-refractivity contribution in [3.63, 3.8) is 0 Å². The molecule has 1 aromatic heterocycles. The number of amides is 1. The third-order valence-electron chi connectivity index (χ3n) is 3.70. The topological polar surface area (TPSA) is 70.5 Å². The number of piperidine rings is 1. The summed E-state index contributed by atoms with van der Waals surface area (Å²) >= 11 is 5.98. The van der Waals surface area contributed by atoms with Crippen LogP contribution in [0, 0.1) is 0 Å². The van der Waals surface area contributed by atoms with Gasteiger partial charge in [-0.25, -0.2) is 9.78 Å². The Bertz CT molecular complexity index is 560. The van der Waals surface area contributed by atoms with Crippen LogP contribution in [-0.2, 0) is 4.79 Å². The number of carboxylic acids is 1. The number of likely N-dealkylation sites (tertiary alicyclic amines) is 1. The summed E-state index contributed by atoms with van der Waals surface area (Å²) in [7, 11) is 0. The number of carboxylic acid groups (broad SMARTS) is 1. The fourth-order valence-electron chi connectivity index (χ4n) is 2.53. The number of halogens is 1. The molecule has 1 amide bonds. The fourth-order valence-corrected chi connectivity index (χ4v) is 2.75. The van der Waals surface area contributed by atoms with E-state index < -0.39 is 12.0 Å². The molecule has 21 heavy (non-hydrogen) atoms. The number of rotatable bonds is 3. The minimum absolute atomic E-state index is 0.145. The highest BCUT2D eigenvalue weighted by Crippen LogP contribution is 2.23. The molecule has 0 aromatic carbocycles. The highest BCUT2D eigenvalue weighted by Gasteiger charge is 2.32. The van der Waals surface area contributed by atoms with Gasteiger partial charge in [0.2, 0.25) is 0 Å². The standard InChI is InChI=1S/C15H19ClN2O3/c1-9(2)11-7-10(8-13(16)17-11)14(19)18-6-4-3-5-12(18)15(20)21/h7-9,12H,3-6H2,1-2H3,(H,20,21)/t12-/m0/s1. The van der Waals surface area contributed by atoms with E-state index in [4.69, 9.17) is 11.6 Å². The lowest BCUT2D eigenvalue weighted by Crippen LogP contribution is -2.48. The van der Waals surface area contributed by atoms with Gasteiger partial charge in [0.25, 0.3) is 5.91 Å². The number of hydrogen-bond donors (Lipinski definition) is 1. The lowest BCUT2D eigenvalue weighted by atomic mass is 10.0. The fraction of sp³-hybridized carbons (Fsp3) is 0.533. The first-order valence-corrected chi connectivity index (χ1v) is 7.49. The largest absolute Gasteiger partial charge is 0.480 e. The first kappa shape index (κ1) is 15.8. The van der Waals surface area contributed by atoms with Gasteiger partial charge in [0.1, 0.15) is 11.2 Å². The van der Waals surface area contributed by atoms with Gasteiger partial charge in [-0.05, 0) is 37.3 Å². The van der Waals surface area contributed by atoms with E-state index >= 15 is 0 Å². The molecule has 0 spiro atoms. The molecule has 1 aliphatic heterocycles. The number of pyridine rings is 1. The molecule has 1 atom stereocenters. The molecule has 1 saturated heterocycles. The van der Waals surface area contributed by atoms with Gasteiger partial charge < -0.3 is 10.0 Å². The van der Waals surface area contributed by atoms with Crippen LogP contribution in [0.1, 0.15) is 55.1 Å².